The highest BCUT2D eigenvalue weighted by Gasteiger charge is 2.24. The van der Waals surface area contributed by atoms with Gasteiger partial charge in [-0.05, 0) is 38.6 Å². The molecule has 20 heavy (non-hydrogen) atoms. The average molecular weight is 299 g/mol. The second-order valence-corrected chi connectivity index (χ2v) is 6.62. The van der Waals surface area contributed by atoms with Crippen LogP contribution >= 0.6 is 12.2 Å². The summed E-state index contributed by atoms with van der Waals surface area (Å²) in [4.78, 5) is 14.9. The molecule has 0 aromatic carbocycles. The second-order valence-electron chi connectivity index (χ2n) is 6.15. The minimum absolute atomic E-state index is 0.0285. The van der Waals surface area contributed by atoms with Crippen LogP contribution in [0.15, 0.2) is 0 Å². The molecule has 1 amide bonds. The molecule has 0 spiro atoms. The Labute approximate surface area is 128 Å². The minimum Gasteiger partial charge on any atom is -0.393 e. The summed E-state index contributed by atoms with van der Waals surface area (Å²) in [6, 6.07) is 0.680. The molecule has 5 heteroatoms. The van der Waals surface area contributed by atoms with Crippen LogP contribution < -0.4 is 11.1 Å². The first-order chi connectivity index (χ1) is 9.43. The van der Waals surface area contributed by atoms with Gasteiger partial charge >= 0.3 is 0 Å². The predicted molar refractivity (Wildman–Crippen MR) is 87.6 cm³/mol. The largest absolute Gasteiger partial charge is 0.393 e. The monoisotopic (exact) mass is 299 g/mol. The van der Waals surface area contributed by atoms with Crippen LogP contribution in [0.5, 0.6) is 0 Å². The lowest BCUT2D eigenvalue weighted by atomic mass is 9.95. The lowest BCUT2D eigenvalue weighted by Crippen LogP contribution is -2.42. The molecule has 0 bridgehead atoms. The number of rotatable bonds is 7. The fraction of sp³-hybridized carbons (Fsp3) is 0.867. The molecule has 2 atom stereocenters. The molecule has 1 rings (SSSR count). The van der Waals surface area contributed by atoms with E-state index in [0.717, 1.165) is 13.0 Å². The van der Waals surface area contributed by atoms with Gasteiger partial charge < -0.3 is 16.0 Å². The fourth-order valence-electron chi connectivity index (χ4n) is 2.85. The van der Waals surface area contributed by atoms with Crippen LogP contribution in [0.2, 0.25) is 0 Å². The summed E-state index contributed by atoms with van der Waals surface area (Å²) < 4.78 is 0. The van der Waals surface area contributed by atoms with Crippen molar-refractivity contribution >= 4 is 23.1 Å². The maximum absolute atomic E-state index is 12.0. The molecule has 2 unspecified atom stereocenters. The van der Waals surface area contributed by atoms with E-state index in [1.165, 1.54) is 25.8 Å². The SMILES string of the molecule is CC(C)C(C(=O)NCCCN1CCCCC1C)C(N)=S. The summed E-state index contributed by atoms with van der Waals surface area (Å²) in [5, 5.41) is 2.97. The number of amides is 1. The lowest BCUT2D eigenvalue weighted by molar-refractivity contribution is -0.123. The van der Waals surface area contributed by atoms with Gasteiger partial charge in [-0.25, -0.2) is 0 Å². The summed E-state index contributed by atoms with van der Waals surface area (Å²) in [7, 11) is 0. The standard InChI is InChI=1S/C15H29N3OS/c1-11(2)13(14(16)20)15(19)17-8-6-10-18-9-5-4-7-12(18)3/h11-13H,4-10H2,1-3H3,(H2,16,20)(H,17,19). The van der Waals surface area contributed by atoms with Gasteiger partial charge in [-0.3, -0.25) is 4.79 Å². The van der Waals surface area contributed by atoms with Crippen LogP contribution in [0, 0.1) is 11.8 Å². The van der Waals surface area contributed by atoms with Crippen molar-refractivity contribution in [2.45, 2.75) is 52.5 Å². The van der Waals surface area contributed by atoms with E-state index in [9.17, 15) is 4.79 Å². The molecule has 1 aliphatic heterocycles. The zero-order valence-corrected chi connectivity index (χ0v) is 13.8. The summed E-state index contributed by atoms with van der Waals surface area (Å²) >= 11 is 4.97. The summed E-state index contributed by atoms with van der Waals surface area (Å²) in [5.41, 5.74) is 5.64. The van der Waals surface area contributed by atoms with Crippen LogP contribution in [0.1, 0.15) is 46.5 Å². The Morgan fingerprint density at radius 2 is 2.15 bits per heavy atom. The van der Waals surface area contributed by atoms with Gasteiger partial charge in [0.05, 0.1) is 10.9 Å². The number of nitrogens with two attached hydrogens (primary N) is 1. The van der Waals surface area contributed by atoms with E-state index in [2.05, 4.69) is 17.1 Å². The molecule has 0 saturated carbocycles. The maximum Gasteiger partial charge on any atom is 0.230 e. The van der Waals surface area contributed by atoms with E-state index in [-0.39, 0.29) is 17.7 Å². The van der Waals surface area contributed by atoms with E-state index in [0.29, 0.717) is 17.6 Å². The van der Waals surface area contributed by atoms with Gasteiger partial charge in [0.2, 0.25) is 5.91 Å². The molecule has 0 radical (unpaired) electrons. The molecule has 4 nitrogen and oxygen atoms in total. The van der Waals surface area contributed by atoms with Crippen molar-refractivity contribution in [3.8, 4) is 0 Å². The number of hydrogen-bond acceptors (Lipinski definition) is 3. The van der Waals surface area contributed by atoms with Gasteiger partial charge in [0, 0.05) is 19.1 Å². The van der Waals surface area contributed by atoms with E-state index in [1.54, 1.807) is 0 Å². The normalized spacial score (nSPS) is 21.7. The van der Waals surface area contributed by atoms with Crippen LogP contribution in [-0.2, 0) is 4.79 Å². The number of likely N-dealkylation sites (tertiary alicyclic amines) is 1. The highest BCUT2D eigenvalue weighted by atomic mass is 32.1. The van der Waals surface area contributed by atoms with Crippen molar-refractivity contribution in [1.82, 2.24) is 10.2 Å². The minimum atomic E-state index is -0.348. The van der Waals surface area contributed by atoms with Crippen LogP contribution in [-0.4, -0.2) is 41.5 Å². The maximum atomic E-state index is 12.0. The Balaban J connectivity index is 2.26. The third kappa shape index (κ3) is 5.37. The van der Waals surface area contributed by atoms with Crippen LogP contribution in [0.25, 0.3) is 0 Å². The fourth-order valence-corrected chi connectivity index (χ4v) is 3.23. The number of carbonyl (C=O) groups excluding carboxylic acids is 1. The van der Waals surface area contributed by atoms with Crippen molar-refractivity contribution in [2.24, 2.45) is 17.6 Å². The Morgan fingerprint density at radius 3 is 2.70 bits per heavy atom. The molecule has 1 heterocycles. The molecule has 1 saturated heterocycles. The molecule has 0 aromatic rings. The van der Waals surface area contributed by atoms with Crippen molar-refractivity contribution in [1.29, 1.82) is 0 Å². The molecule has 116 valence electrons. The first-order valence-corrected chi connectivity index (χ1v) is 8.15. The molecule has 1 aliphatic rings. The van der Waals surface area contributed by atoms with Gasteiger partial charge in [0.15, 0.2) is 0 Å². The second kappa shape index (κ2) is 8.57. The number of nitrogens with zero attached hydrogens (tertiary/aromatic N) is 1. The highest BCUT2D eigenvalue weighted by molar-refractivity contribution is 7.80. The number of thiocarbonyl (C=S) groups is 1. The zero-order chi connectivity index (χ0) is 15.1. The van der Waals surface area contributed by atoms with Crippen molar-refractivity contribution in [3.63, 3.8) is 0 Å². The van der Waals surface area contributed by atoms with E-state index in [1.807, 2.05) is 13.8 Å². The van der Waals surface area contributed by atoms with Gasteiger partial charge in [0.1, 0.15) is 0 Å². The Bertz CT molecular complexity index is 333. The lowest BCUT2D eigenvalue weighted by Gasteiger charge is -2.33. The average Bonchev–Trinajstić information content (AvgIpc) is 2.35. The van der Waals surface area contributed by atoms with E-state index in [4.69, 9.17) is 18.0 Å². The van der Waals surface area contributed by atoms with Crippen molar-refractivity contribution in [3.05, 3.63) is 0 Å². The van der Waals surface area contributed by atoms with Gasteiger partial charge in [-0.15, -0.1) is 0 Å². The van der Waals surface area contributed by atoms with Crippen LogP contribution in [0.3, 0.4) is 0 Å². The number of hydrogen-bond donors (Lipinski definition) is 2. The Kier molecular flexibility index (Phi) is 7.45. The molecular weight excluding hydrogens is 270 g/mol. The predicted octanol–water partition coefficient (Wildman–Crippen LogP) is 1.93. The smallest absolute Gasteiger partial charge is 0.230 e. The van der Waals surface area contributed by atoms with Crippen molar-refractivity contribution < 1.29 is 4.79 Å². The highest BCUT2D eigenvalue weighted by Crippen LogP contribution is 2.16. The summed E-state index contributed by atoms with van der Waals surface area (Å²) in [6.07, 6.45) is 4.92. The molecule has 0 aliphatic carbocycles. The molecular formula is C15H29N3OS. The first kappa shape index (κ1) is 17.4. The molecule has 1 fully saturated rings. The number of nitrogens with one attached hydrogen (secondary N) is 1. The van der Waals surface area contributed by atoms with Gasteiger partial charge in [0.25, 0.3) is 0 Å². The van der Waals surface area contributed by atoms with E-state index >= 15 is 0 Å². The Morgan fingerprint density at radius 1 is 1.45 bits per heavy atom. The zero-order valence-electron chi connectivity index (χ0n) is 13.0. The van der Waals surface area contributed by atoms with Crippen molar-refractivity contribution in [2.75, 3.05) is 19.6 Å². The number of carbonyl (C=O) groups is 1. The Hall–Kier alpha value is -0.680. The van der Waals surface area contributed by atoms with Gasteiger partial charge in [-0.1, -0.05) is 32.5 Å². The molecule has 0 aromatic heterocycles. The number of piperidine rings is 1. The molecule has 3 N–H and O–H groups in total. The first-order valence-electron chi connectivity index (χ1n) is 7.74. The summed E-state index contributed by atoms with van der Waals surface area (Å²) in [6.45, 7) is 9.18. The summed E-state index contributed by atoms with van der Waals surface area (Å²) in [5.74, 6) is -0.229. The quantitative estimate of drug-likeness (QED) is 0.557. The third-order valence-corrected chi connectivity index (χ3v) is 4.37. The third-order valence-electron chi connectivity index (χ3n) is 4.12. The van der Waals surface area contributed by atoms with Crippen LogP contribution in [0.4, 0.5) is 0 Å². The topological polar surface area (TPSA) is 58.4 Å². The van der Waals surface area contributed by atoms with E-state index < -0.39 is 0 Å². The van der Waals surface area contributed by atoms with Gasteiger partial charge in [-0.2, -0.15) is 0 Å².